The fourth-order valence-electron chi connectivity index (χ4n) is 11.4. The van der Waals surface area contributed by atoms with Gasteiger partial charge in [-0.2, -0.15) is 0 Å². The summed E-state index contributed by atoms with van der Waals surface area (Å²) in [6.07, 6.45) is 0. The van der Waals surface area contributed by atoms with Gasteiger partial charge in [0.05, 0.1) is 11.0 Å². The summed E-state index contributed by atoms with van der Waals surface area (Å²) in [7, 11) is 4.31. The quantitative estimate of drug-likeness (QED) is 0.167. The van der Waals surface area contributed by atoms with E-state index in [4.69, 9.17) is 8.83 Å². The van der Waals surface area contributed by atoms with Gasteiger partial charge in [-0.1, -0.05) is 97.1 Å². The molecule has 330 valence electrons. The highest BCUT2D eigenvalue weighted by Crippen LogP contribution is 2.45. The van der Waals surface area contributed by atoms with Crippen LogP contribution in [0, 0.1) is 0 Å². The number of hydrogen-bond acceptors (Lipinski definition) is 4. The van der Waals surface area contributed by atoms with Crippen molar-refractivity contribution in [1.82, 2.24) is 9.13 Å². The summed E-state index contributed by atoms with van der Waals surface area (Å²) in [4.78, 5) is 4.68. The van der Waals surface area contributed by atoms with Crippen LogP contribution < -0.4 is 9.80 Å². The molecule has 0 aliphatic heterocycles. The average molecular weight is 899 g/mol. The maximum atomic E-state index is 6.85. The molecule has 0 fully saturated rings. The van der Waals surface area contributed by atoms with Gasteiger partial charge >= 0.3 is 0 Å². The molecule has 0 spiro atoms. The largest absolute Gasteiger partial charge is 0.452 e. The van der Waals surface area contributed by atoms with E-state index in [2.05, 4.69) is 251 Å². The van der Waals surface area contributed by atoms with Gasteiger partial charge in [0.15, 0.2) is 11.2 Å². The van der Waals surface area contributed by atoms with Crippen LogP contribution in [0.2, 0.25) is 0 Å². The molecule has 70 heavy (non-hydrogen) atoms. The van der Waals surface area contributed by atoms with Gasteiger partial charge in [0.1, 0.15) is 11.2 Å². The van der Waals surface area contributed by atoms with Gasteiger partial charge in [-0.05, 0) is 143 Å². The standard InChI is InChI=1S/C64H42N4O2/c1-65-57-19-11-9-17-49(57)51-27-25-47(37-59(51)65)67(43-13-5-3-6-14-43)45-23-21-39-33-55-53-29-30-54-56-34-40-22-24-46(32-42(40)36-62(56)70-64(54)63(53)69-61(55)35-41(39)31-45)68(44-15-7-4-8-16-44)48-26-28-52-50-18-10-12-20-58(50)66(2)60(52)38-48/h3-38H,1-2H3. The van der Waals surface area contributed by atoms with Gasteiger partial charge in [-0.3, -0.25) is 0 Å². The van der Waals surface area contributed by atoms with Crippen molar-refractivity contribution in [2.45, 2.75) is 0 Å². The number of aromatic nitrogens is 2. The molecule has 4 heterocycles. The first-order valence-electron chi connectivity index (χ1n) is 23.8. The van der Waals surface area contributed by atoms with E-state index in [9.17, 15) is 0 Å². The highest BCUT2D eigenvalue weighted by atomic mass is 16.4. The zero-order valence-electron chi connectivity index (χ0n) is 38.4. The maximum Gasteiger partial charge on any atom is 0.178 e. The van der Waals surface area contributed by atoms with Gasteiger partial charge < -0.3 is 27.8 Å². The van der Waals surface area contributed by atoms with Crippen LogP contribution >= 0.6 is 0 Å². The lowest BCUT2D eigenvalue weighted by Gasteiger charge is -2.26. The third kappa shape index (κ3) is 5.68. The molecule has 0 aliphatic carbocycles. The zero-order valence-corrected chi connectivity index (χ0v) is 38.4. The molecular weight excluding hydrogens is 857 g/mol. The Labute approximate surface area is 401 Å². The van der Waals surface area contributed by atoms with Crippen molar-refractivity contribution in [2.24, 2.45) is 14.1 Å². The number of furan rings is 2. The number of benzene rings is 11. The van der Waals surface area contributed by atoms with E-state index in [1.165, 1.54) is 43.6 Å². The molecule has 0 aliphatic rings. The van der Waals surface area contributed by atoms with Gasteiger partial charge in [0.25, 0.3) is 0 Å². The topological polar surface area (TPSA) is 42.6 Å². The van der Waals surface area contributed by atoms with Crippen LogP contribution in [0.4, 0.5) is 34.1 Å². The fraction of sp³-hybridized carbons (Fsp3) is 0.0312. The Morgan fingerprint density at radius 2 is 0.643 bits per heavy atom. The number of rotatable bonds is 6. The molecule has 0 bridgehead atoms. The molecule has 6 nitrogen and oxygen atoms in total. The van der Waals surface area contributed by atoms with Crippen molar-refractivity contribution < 1.29 is 8.83 Å². The number of nitrogens with zero attached hydrogens (tertiary/aromatic N) is 4. The van der Waals surface area contributed by atoms with Crippen molar-refractivity contribution in [3.05, 3.63) is 218 Å². The molecule has 0 radical (unpaired) electrons. The summed E-state index contributed by atoms with van der Waals surface area (Å²) < 4.78 is 18.3. The van der Waals surface area contributed by atoms with E-state index in [-0.39, 0.29) is 0 Å². The summed E-state index contributed by atoms with van der Waals surface area (Å²) in [6.45, 7) is 0. The van der Waals surface area contributed by atoms with Crippen LogP contribution in [0.15, 0.2) is 227 Å². The van der Waals surface area contributed by atoms with Gasteiger partial charge in [-0.15, -0.1) is 0 Å². The van der Waals surface area contributed by atoms with Crippen LogP contribution in [-0.4, -0.2) is 9.13 Å². The highest BCUT2D eigenvalue weighted by molar-refractivity contribution is 6.22. The second kappa shape index (κ2) is 14.6. The number of para-hydroxylation sites is 4. The van der Waals surface area contributed by atoms with Crippen molar-refractivity contribution in [1.29, 1.82) is 0 Å². The Hall–Kier alpha value is -9.26. The maximum absolute atomic E-state index is 6.85. The first-order valence-corrected chi connectivity index (χ1v) is 23.8. The van der Waals surface area contributed by atoms with Crippen LogP contribution in [-0.2, 0) is 14.1 Å². The molecule has 15 aromatic rings. The van der Waals surface area contributed by atoms with E-state index in [1.54, 1.807) is 0 Å². The normalized spacial score (nSPS) is 12.1. The molecule has 0 saturated carbocycles. The summed E-state index contributed by atoms with van der Waals surface area (Å²) in [5, 5.41) is 13.7. The molecule has 0 atom stereocenters. The fourth-order valence-corrected chi connectivity index (χ4v) is 11.4. The number of hydrogen-bond donors (Lipinski definition) is 0. The Morgan fingerprint density at radius 3 is 1.10 bits per heavy atom. The minimum atomic E-state index is 0.761. The molecule has 15 rings (SSSR count). The minimum absolute atomic E-state index is 0.761. The van der Waals surface area contributed by atoms with Crippen LogP contribution in [0.25, 0.3) is 109 Å². The molecule has 6 heteroatoms. The predicted molar refractivity (Wildman–Crippen MR) is 293 cm³/mol. The Bertz CT molecular complexity index is 4340. The van der Waals surface area contributed by atoms with Crippen molar-refractivity contribution in [2.75, 3.05) is 9.80 Å². The molecule has 0 unspecified atom stereocenters. The molecule has 0 saturated heterocycles. The molecule has 0 N–H and O–H groups in total. The average Bonchev–Trinajstić information content (AvgIpc) is 4.13. The van der Waals surface area contributed by atoms with Crippen LogP contribution in [0.1, 0.15) is 0 Å². The summed E-state index contributed by atoms with van der Waals surface area (Å²) in [5.74, 6) is 0. The van der Waals surface area contributed by atoms with Crippen molar-refractivity contribution in [3.63, 3.8) is 0 Å². The smallest absolute Gasteiger partial charge is 0.178 e. The Morgan fingerprint density at radius 1 is 0.271 bits per heavy atom. The molecule has 4 aromatic heterocycles. The van der Waals surface area contributed by atoms with Gasteiger partial charge in [0.2, 0.25) is 0 Å². The SMILES string of the molecule is Cn1c2ccccc2c2ccc(N(c3ccccc3)c3ccc4cc5c(cc4c3)oc3c5ccc4c5cc6ccc(N(c7ccccc7)c7ccc8c9ccccc9n(C)c8c7)cc6cc5oc43)cc21. The van der Waals surface area contributed by atoms with Crippen molar-refractivity contribution in [3.8, 4) is 0 Å². The lowest BCUT2D eigenvalue weighted by molar-refractivity contribution is 0.634. The second-order valence-electron chi connectivity index (χ2n) is 18.7. The first-order chi connectivity index (χ1) is 34.5. The van der Waals surface area contributed by atoms with E-state index in [0.29, 0.717) is 0 Å². The van der Waals surface area contributed by atoms with E-state index >= 15 is 0 Å². The molecular formula is C64H42N4O2. The summed E-state index contributed by atoms with van der Waals surface area (Å²) in [6, 6.07) is 78.8. The second-order valence-corrected chi connectivity index (χ2v) is 18.7. The number of fused-ring (bicyclic) bond motifs is 15. The third-order valence-corrected chi connectivity index (χ3v) is 14.8. The van der Waals surface area contributed by atoms with E-state index in [1.807, 2.05) is 0 Å². The molecule has 0 amide bonds. The Kier molecular flexibility index (Phi) is 8.10. The summed E-state index contributed by atoms with van der Waals surface area (Å²) >= 11 is 0. The van der Waals surface area contributed by atoms with Gasteiger partial charge in [0, 0.05) is 102 Å². The zero-order chi connectivity index (χ0) is 46.2. The van der Waals surface area contributed by atoms with Gasteiger partial charge in [-0.25, -0.2) is 0 Å². The van der Waals surface area contributed by atoms with E-state index in [0.717, 1.165) is 99.5 Å². The predicted octanol–water partition coefficient (Wildman–Crippen LogP) is 18.0. The lowest BCUT2D eigenvalue weighted by atomic mass is 10.0. The lowest BCUT2D eigenvalue weighted by Crippen LogP contribution is -2.09. The monoisotopic (exact) mass is 898 g/mol. The van der Waals surface area contributed by atoms with Crippen LogP contribution in [0.3, 0.4) is 0 Å². The number of aryl methyl sites for hydroxylation is 2. The number of anilines is 6. The first kappa shape index (κ1) is 38.8. The summed E-state index contributed by atoms with van der Waals surface area (Å²) in [5.41, 5.74) is 14.5. The van der Waals surface area contributed by atoms with E-state index < -0.39 is 0 Å². The Balaban J connectivity index is 0.836. The third-order valence-electron chi connectivity index (χ3n) is 14.8. The van der Waals surface area contributed by atoms with Crippen LogP contribution in [0.5, 0.6) is 0 Å². The van der Waals surface area contributed by atoms with Crippen molar-refractivity contribution >= 4 is 143 Å². The minimum Gasteiger partial charge on any atom is -0.452 e. The molecule has 11 aromatic carbocycles. The highest BCUT2D eigenvalue weighted by Gasteiger charge is 2.21.